The smallest absolute Gasteiger partial charge is 0.137 e. The van der Waals surface area contributed by atoms with Crippen LogP contribution in [0, 0.1) is 0 Å². The molecule has 0 atom stereocenters. The number of benzene rings is 2. The van der Waals surface area contributed by atoms with E-state index in [9.17, 15) is 0 Å². The number of aromatic nitrogens is 1. The SMILES string of the molecule is Clc1cc(-c2ccc(-c3cc(Cl)c(Cl)c(Cl)c3)c(Cl)n2)cc(Cl)c1Cl. The van der Waals surface area contributed by atoms with E-state index in [0.717, 1.165) is 0 Å². The molecule has 0 aliphatic rings. The third-order valence-corrected chi connectivity index (χ3v) is 6.10. The fourth-order valence-electron chi connectivity index (χ4n) is 2.22. The van der Waals surface area contributed by atoms with Crippen molar-refractivity contribution in [3.63, 3.8) is 0 Å². The van der Waals surface area contributed by atoms with Gasteiger partial charge in [-0.1, -0.05) is 81.2 Å². The van der Waals surface area contributed by atoms with E-state index < -0.39 is 0 Å². The molecule has 1 heterocycles. The molecule has 0 spiro atoms. The van der Waals surface area contributed by atoms with Gasteiger partial charge in [0.2, 0.25) is 0 Å². The Bertz CT molecular complexity index is 939. The zero-order valence-corrected chi connectivity index (χ0v) is 17.3. The zero-order valence-electron chi connectivity index (χ0n) is 12.1. The lowest BCUT2D eigenvalue weighted by Crippen LogP contribution is -1.89. The van der Waals surface area contributed by atoms with Crippen molar-refractivity contribution in [1.29, 1.82) is 0 Å². The van der Waals surface area contributed by atoms with Gasteiger partial charge in [0.25, 0.3) is 0 Å². The largest absolute Gasteiger partial charge is 0.235 e. The van der Waals surface area contributed by atoms with E-state index in [1.807, 2.05) is 0 Å². The Balaban J connectivity index is 2.08. The maximum absolute atomic E-state index is 6.35. The van der Waals surface area contributed by atoms with Crippen LogP contribution in [0.1, 0.15) is 0 Å². The summed E-state index contributed by atoms with van der Waals surface area (Å²) in [4.78, 5) is 4.40. The summed E-state index contributed by atoms with van der Waals surface area (Å²) < 4.78 is 0. The summed E-state index contributed by atoms with van der Waals surface area (Å²) in [5.74, 6) is 0. The number of hydrogen-bond donors (Lipinski definition) is 0. The highest BCUT2D eigenvalue weighted by atomic mass is 35.5. The van der Waals surface area contributed by atoms with Crippen molar-refractivity contribution < 1.29 is 0 Å². The van der Waals surface area contributed by atoms with E-state index in [2.05, 4.69) is 4.98 Å². The van der Waals surface area contributed by atoms with Gasteiger partial charge in [-0.2, -0.15) is 0 Å². The Kier molecular flexibility index (Phi) is 5.97. The van der Waals surface area contributed by atoms with Crippen LogP contribution < -0.4 is 0 Å². The second-order valence-corrected chi connectivity index (χ2v) is 7.79. The summed E-state index contributed by atoms with van der Waals surface area (Å²) in [7, 11) is 0. The van der Waals surface area contributed by atoms with E-state index in [1.54, 1.807) is 36.4 Å². The van der Waals surface area contributed by atoms with Crippen LogP contribution in [0.15, 0.2) is 36.4 Å². The molecule has 2 aromatic carbocycles. The molecule has 8 heteroatoms. The number of hydrogen-bond acceptors (Lipinski definition) is 1. The molecule has 0 unspecified atom stereocenters. The molecule has 25 heavy (non-hydrogen) atoms. The van der Waals surface area contributed by atoms with Gasteiger partial charge in [0, 0.05) is 11.1 Å². The standard InChI is InChI=1S/C17H6Cl7N/c18-10-3-7(4-11(19)15(10)22)9-1-2-14(25-17(9)24)8-5-12(20)16(23)13(21)6-8/h1-6H. The first kappa shape index (κ1) is 19.4. The highest BCUT2D eigenvalue weighted by molar-refractivity contribution is 6.49. The number of rotatable bonds is 2. The van der Waals surface area contributed by atoms with Gasteiger partial charge in [-0.3, -0.25) is 0 Å². The summed E-state index contributed by atoms with van der Waals surface area (Å²) in [6.45, 7) is 0. The second kappa shape index (κ2) is 7.70. The van der Waals surface area contributed by atoms with Gasteiger partial charge < -0.3 is 0 Å². The molecular formula is C17H6Cl7N. The second-order valence-electron chi connectivity index (χ2n) is 5.04. The van der Waals surface area contributed by atoms with Gasteiger partial charge in [0.1, 0.15) is 5.15 Å². The van der Waals surface area contributed by atoms with Gasteiger partial charge in [-0.25, -0.2) is 4.98 Å². The highest BCUT2D eigenvalue weighted by Gasteiger charge is 2.13. The van der Waals surface area contributed by atoms with Gasteiger partial charge >= 0.3 is 0 Å². The van der Waals surface area contributed by atoms with Gasteiger partial charge in [-0.15, -0.1) is 0 Å². The Labute approximate surface area is 179 Å². The molecular weight excluding hydrogens is 466 g/mol. The molecule has 0 aliphatic heterocycles. The van der Waals surface area contributed by atoms with Crippen molar-refractivity contribution in [2.24, 2.45) is 0 Å². The topological polar surface area (TPSA) is 12.9 Å². The Morgan fingerprint density at radius 1 is 0.560 bits per heavy atom. The van der Waals surface area contributed by atoms with Gasteiger partial charge in [0.15, 0.2) is 0 Å². The molecule has 3 rings (SSSR count). The average molecular weight is 472 g/mol. The van der Waals surface area contributed by atoms with Crippen LogP contribution in [0.5, 0.6) is 0 Å². The minimum Gasteiger partial charge on any atom is -0.235 e. The third kappa shape index (κ3) is 3.99. The van der Waals surface area contributed by atoms with E-state index in [4.69, 9.17) is 81.2 Å². The van der Waals surface area contributed by atoms with E-state index in [0.29, 0.717) is 52.5 Å². The lowest BCUT2D eigenvalue weighted by molar-refractivity contribution is 1.32. The molecule has 3 aromatic rings. The quantitative estimate of drug-likeness (QED) is 0.268. The normalized spacial score (nSPS) is 11.0. The van der Waals surface area contributed by atoms with Crippen LogP contribution in [0.25, 0.3) is 22.4 Å². The van der Waals surface area contributed by atoms with Crippen LogP contribution in [0.2, 0.25) is 35.3 Å². The van der Waals surface area contributed by atoms with Crippen molar-refractivity contribution in [3.8, 4) is 22.4 Å². The van der Waals surface area contributed by atoms with Crippen LogP contribution in [-0.4, -0.2) is 4.98 Å². The van der Waals surface area contributed by atoms with Crippen molar-refractivity contribution in [2.45, 2.75) is 0 Å². The van der Waals surface area contributed by atoms with Crippen molar-refractivity contribution in [3.05, 3.63) is 71.7 Å². The van der Waals surface area contributed by atoms with Crippen molar-refractivity contribution in [1.82, 2.24) is 4.98 Å². The van der Waals surface area contributed by atoms with Crippen LogP contribution in [0.3, 0.4) is 0 Å². The number of nitrogens with zero attached hydrogens (tertiary/aromatic N) is 1. The van der Waals surface area contributed by atoms with Crippen molar-refractivity contribution in [2.75, 3.05) is 0 Å². The van der Waals surface area contributed by atoms with Crippen LogP contribution in [-0.2, 0) is 0 Å². The zero-order chi connectivity index (χ0) is 18.3. The van der Waals surface area contributed by atoms with Gasteiger partial charge in [-0.05, 0) is 42.0 Å². The molecule has 0 saturated carbocycles. The monoisotopic (exact) mass is 469 g/mol. The predicted octanol–water partition coefficient (Wildman–Crippen LogP) is 8.99. The average Bonchev–Trinajstić information content (AvgIpc) is 2.56. The van der Waals surface area contributed by atoms with Crippen LogP contribution >= 0.6 is 81.2 Å². The highest BCUT2D eigenvalue weighted by Crippen LogP contribution is 2.39. The lowest BCUT2D eigenvalue weighted by Gasteiger charge is -2.10. The maximum Gasteiger partial charge on any atom is 0.137 e. The molecule has 128 valence electrons. The van der Waals surface area contributed by atoms with E-state index in [1.165, 1.54) is 0 Å². The minimum absolute atomic E-state index is 0.272. The van der Waals surface area contributed by atoms with E-state index >= 15 is 0 Å². The molecule has 1 aromatic heterocycles. The molecule has 0 radical (unpaired) electrons. The first-order chi connectivity index (χ1) is 11.8. The summed E-state index contributed by atoms with van der Waals surface area (Å²) in [5, 5.41) is 2.19. The Morgan fingerprint density at radius 3 is 1.44 bits per heavy atom. The molecule has 0 N–H and O–H groups in total. The summed E-state index contributed by atoms with van der Waals surface area (Å²) in [5.41, 5.74) is 2.66. The lowest BCUT2D eigenvalue weighted by atomic mass is 10.1. The third-order valence-electron chi connectivity index (χ3n) is 3.42. The first-order valence-corrected chi connectivity index (χ1v) is 9.39. The Morgan fingerprint density at radius 2 is 1.00 bits per heavy atom. The summed E-state index contributed by atoms with van der Waals surface area (Å²) in [6, 6.07) is 10.3. The maximum atomic E-state index is 6.35. The molecule has 0 bridgehead atoms. The first-order valence-electron chi connectivity index (χ1n) is 6.74. The van der Waals surface area contributed by atoms with Crippen molar-refractivity contribution >= 4 is 81.2 Å². The number of halogens is 7. The summed E-state index contributed by atoms with van der Waals surface area (Å²) in [6.07, 6.45) is 0. The Hall–Kier alpha value is -0.380. The minimum atomic E-state index is 0.272. The molecule has 1 nitrogen and oxygen atoms in total. The molecule has 0 amide bonds. The van der Waals surface area contributed by atoms with E-state index in [-0.39, 0.29) is 5.15 Å². The fourth-order valence-corrected chi connectivity index (χ4v) is 3.68. The summed E-state index contributed by atoms with van der Waals surface area (Å²) >= 11 is 42.6. The molecule has 0 fully saturated rings. The molecule has 0 aliphatic carbocycles. The molecule has 0 saturated heterocycles. The van der Waals surface area contributed by atoms with Crippen LogP contribution in [0.4, 0.5) is 0 Å². The fraction of sp³-hybridized carbons (Fsp3) is 0. The number of pyridine rings is 1. The van der Waals surface area contributed by atoms with Gasteiger partial charge in [0.05, 0.1) is 35.8 Å². The predicted molar refractivity (Wildman–Crippen MR) is 110 cm³/mol.